The molecule has 0 bridgehead atoms. The van der Waals surface area contributed by atoms with E-state index in [1.54, 1.807) is 0 Å². The lowest BCUT2D eigenvalue weighted by Gasteiger charge is -2.32. The van der Waals surface area contributed by atoms with Gasteiger partial charge in [-0.15, -0.1) is 11.3 Å². The van der Waals surface area contributed by atoms with Crippen LogP contribution in [-0.4, -0.2) is 28.5 Å². The van der Waals surface area contributed by atoms with Gasteiger partial charge in [0.2, 0.25) is 0 Å². The normalized spacial score (nSPS) is 24.8. The molecule has 0 spiro atoms. The van der Waals surface area contributed by atoms with Gasteiger partial charge in [0.05, 0.1) is 12.2 Å². The number of aromatic nitrogens is 1. The van der Waals surface area contributed by atoms with Gasteiger partial charge in [-0.25, -0.2) is 4.98 Å². The molecule has 1 aliphatic carbocycles. The van der Waals surface area contributed by atoms with Crippen LogP contribution in [0.5, 0.6) is 0 Å². The molecule has 106 valence electrons. The van der Waals surface area contributed by atoms with Gasteiger partial charge in [0.25, 0.3) is 0 Å². The molecule has 1 aromatic heterocycles. The Morgan fingerprint density at radius 2 is 2.16 bits per heavy atom. The third kappa shape index (κ3) is 3.56. The molecule has 2 fully saturated rings. The standard InChI is InChI=1S/C15H25N3S/c1-11-5-3-4-8-18(11)10-15-17-12(2)14(19-15)9-16-13-6-7-13/h11,13,16H,3-10H2,1-2H3. The van der Waals surface area contributed by atoms with Crippen LogP contribution in [0.25, 0.3) is 0 Å². The molecule has 1 unspecified atom stereocenters. The number of hydrogen-bond acceptors (Lipinski definition) is 4. The number of nitrogens with one attached hydrogen (secondary N) is 1. The van der Waals surface area contributed by atoms with E-state index >= 15 is 0 Å². The highest BCUT2D eigenvalue weighted by molar-refractivity contribution is 7.11. The fraction of sp³-hybridized carbons (Fsp3) is 0.800. The number of hydrogen-bond donors (Lipinski definition) is 1. The van der Waals surface area contributed by atoms with Crippen molar-refractivity contribution in [2.24, 2.45) is 0 Å². The number of piperidine rings is 1. The summed E-state index contributed by atoms with van der Waals surface area (Å²) >= 11 is 1.91. The van der Waals surface area contributed by atoms with Crippen molar-refractivity contribution < 1.29 is 0 Å². The van der Waals surface area contributed by atoms with Crippen LogP contribution in [0.15, 0.2) is 0 Å². The minimum Gasteiger partial charge on any atom is -0.309 e. The van der Waals surface area contributed by atoms with Gasteiger partial charge in [-0.1, -0.05) is 6.42 Å². The van der Waals surface area contributed by atoms with E-state index in [1.807, 2.05) is 11.3 Å². The average molecular weight is 279 g/mol. The lowest BCUT2D eigenvalue weighted by Crippen LogP contribution is -2.36. The van der Waals surface area contributed by atoms with Gasteiger partial charge in [0, 0.05) is 23.5 Å². The molecule has 3 nitrogen and oxygen atoms in total. The first-order chi connectivity index (χ1) is 9.22. The fourth-order valence-corrected chi connectivity index (χ4v) is 3.86. The van der Waals surface area contributed by atoms with Gasteiger partial charge in [0.15, 0.2) is 0 Å². The third-order valence-electron chi connectivity index (χ3n) is 4.34. The molecule has 1 aliphatic heterocycles. The smallest absolute Gasteiger partial charge is 0.107 e. The van der Waals surface area contributed by atoms with Gasteiger partial charge >= 0.3 is 0 Å². The molecule has 2 heterocycles. The van der Waals surface area contributed by atoms with Crippen molar-refractivity contribution in [2.45, 2.75) is 71.1 Å². The number of rotatable bonds is 5. The van der Waals surface area contributed by atoms with Gasteiger partial charge in [-0.2, -0.15) is 0 Å². The van der Waals surface area contributed by atoms with Crippen molar-refractivity contribution in [1.82, 2.24) is 15.2 Å². The highest BCUT2D eigenvalue weighted by Gasteiger charge is 2.22. The Kier molecular flexibility index (Phi) is 4.20. The zero-order chi connectivity index (χ0) is 13.2. The summed E-state index contributed by atoms with van der Waals surface area (Å²) in [5.74, 6) is 0. The number of aryl methyl sites for hydroxylation is 1. The monoisotopic (exact) mass is 279 g/mol. The summed E-state index contributed by atoms with van der Waals surface area (Å²) in [6.45, 7) is 7.83. The van der Waals surface area contributed by atoms with Gasteiger partial charge in [-0.3, -0.25) is 4.90 Å². The predicted molar refractivity (Wildman–Crippen MR) is 80.4 cm³/mol. The lowest BCUT2D eigenvalue weighted by molar-refractivity contribution is 0.152. The lowest BCUT2D eigenvalue weighted by atomic mass is 10.0. The maximum Gasteiger partial charge on any atom is 0.107 e. The van der Waals surface area contributed by atoms with Crippen LogP contribution in [0.3, 0.4) is 0 Å². The maximum absolute atomic E-state index is 4.77. The van der Waals surface area contributed by atoms with Crippen LogP contribution in [0.4, 0.5) is 0 Å². The summed E-state index contributed by atoms with van der Waals surface area (Å²) in [4.78, 5) is 8.81. The zero-order valence-electron chi connectivity index (χ0n) is 12.1. The SMILES string of the molecule is Cc1nc(CN2CCCCC2C)sc1CNC1CC1. The molecule has 1 N–H and O–H groups in total. The van der Waals surface area contributed by atoms with Gasteiger partial charge in [-0.05, 0) is 46.1 Å². The van der Waals surface area contributed by atoms with Crippen LogP contribution < -0.4 is 5.32 Å². The minimum absolute atomic E-state index is 0.728. The summed E-state index contributed by atoms with van der Waals surface area (Å²) in [6, 6.07) is 1.51. The van der Waals surface area contributed by atoms with E-state index in [2.05, 4.69) is 24.1 Å². The number of likely N-dealkylation sites (tertiary alicyclic amines) is 1. The molecular formula is C15H25N3S. The Labute approximate surface area is 120 Å². The Bertz CT molecular complexity index is 425. The van der Waals surface area contributed by atoms with Gasteiger partial charge < -0.3 is 5.32 Å². The molecule has 1 aromatic rings. The molecule has 2 aliphatic rings. The second-order valence-corrected chi connectivity index (χ2v) is 7.25. The topological polar surface area (TPSA) is 28.2 Å². The van der Waals surface area contributed by atoms with Crippen molar-refractivity contribution in [3.63, 3.8) is 0 Å². The Hall–Kier alpha value is -0.450. The molecule has 0 radical (unpaired) electrons. The molecule has 0 aromatic carbocycles. The maximum atomic E-state index is 4.77. The summed E-state index contributed by atoms with van der Waals surface area (Å²) in [5.41, 5.74) is 1.23. The van der Waals surface area contributed by atoms with Gasteiger partial charge in [0.1, 0.15) is 5.01 Å². The largest absolute Gasteiger partial charge is 0.309 e. The van der Waals surface area contributed by atoms with E-state index < -0.39 is 0 Å². The first kappa shape index (κ1) is 13.5. The van der Waals surface area contributed by atoms with Crippen LogP contribution in [-0.2, 0) is 13.1 Å². The van der Waals surface area contributed by atoms with Crippen molar-refractivity contribution >= 4 is 11.3 Å². The summed E-state index contributed by atoms with van der Waals surface area (Å²) in [6.07, 6.45) is 6.81. The summed E-state index contributed by atoms with van der Waals surface area (Å²) in [5, 5.41) is 4.90. The van der Waals surface area contributed by atoms with E-state index in [1.165, 1.54) is 54.2 Å². The zero-order valence-corrected chi connectivity index (χ0v) is 12.9. The van der Waals surface area contributed by atoms with E-state index in [0.29, 0.717) is 0 Å². The Balaban J connectivity index is 1.58. The number of thiazole rings is 1. The molecule has 19 heavy (non-hydrogen) atoms. The van der Waals surface area contributed by atoms with Crippen LogP contribution in [0.2, 0.25) is 0 Å². The Morgan fingerprint density at radius 3 is 2.89 bits per heavy atom. The van der Waals surface area contributed by atoms with Crippen molar-refractivity contribution in [2.75, 3.05) is 6.54 Å². The van der Waals surface area contributed by atoms with Crippen LogP contribution in [0.1, 0.15) is 54.6 Å². The molecular weight excluding hydrogens is 254 g/mol. The second-order valence-electron chi connectivity index (χ2n) is 6.09. The molecule has 4 heteroatoms. The summed E-state index contributed by atoms with van der Waals surface area (Å²) in [7, 11) is 0. The highest BCUT2D eigenvalue weighted by Crippen LogP contribution is 2.25. The van der Waals surface area contributed by atoms with E-state index in [4.69, 9.17) is 4.98 Å². The van der Waals surface area contributed by atoms with Crippen molar-refractivity contribution in [1.29, 1.82) is 0 Å². The molecule has 1 saturated carbocycles. The highest BCUT2D eigenvalue weighted by atomic mass is 32.1. The average Bonchev–Trinajstić information content (AvgIpc) is 3.15. The van der Waals surface area contributed by atoms with E-state index in [-0.39, 0.29) is 0 Å². The molecule has 1 atom stereocenters. The quantitative estimate of drug-likeness (QED) is 0.898. The third-order valence-corrected chi connectivity index (χ3v) is 5.49. The van der Waals surface area contributed by atoms with Crippen LogP contribution >= 0.6 is 11.3 Å². The first-order valence-electron chi connectivity index (χ1n) is 7.65. The van der Waals surface area contributed by atoms with E-state index in [9.17, 15) is 0 Å². The van der Waals surface area contributed by atoms with E-state index in [0.717, 1.165) is 25.2 Å². The molecule has 3 rings (SSSR count). The van der Waals surface area contributed by atoms with Crippen molar-refractivity contribution in [3.05, 3.63) is 15.6 Å². The van der Waals surface area contributed by atoms with Crippen LogP contribution in [0, 0.1) is 6.92 Å². The number of nitrogens with zero attached hydrogens (tertiary/aromatic N) is 2. The molecule has 0 amide bonds. The predicted octanol–water partition coefficient (Wildman–Crippen LogP) is 3.08. The first-order valence-corrected chi connectivity index (χ1v) is 8.46. The summed E-state index contributed by atoms with van der Waals surface area (Å²) < 4.78 is 0. The Morgan fingerprint density at radius 1 is 1.32 bits per heavy atom. The molecule has 1 saturated heterocycles. The second kappa shape index (κ2) is 5.90. The van der Waals surface area contributed by atoms with Crippen molar-refractivity contribution in [3.8, 4) is 0 Å². The minimum atomic E-state index is 0.728. The fourth-order valence-electron chi connectivity index (χ4n) is 2.81.